The second kappa shape index (κ2) is 8.07. The van der Waals surface area contributed by atoms with Gasteiger partial charge in [0.15, 0.2) is 0 Å². The van der Waals surface area contributed by atoms with Crippen LogP contribution in [0.1, 0.15) is 20.8 Å². The Morgan fingerprint density at radius 3 is 1.73 bits per heavy atom. The molecule has 0 bridgehead atoms. The molecule has 0 aliphatic heterocycles. The zero-order chi connectivity index (χ0) is 7.49. The maximum absolute atomic E-state index is 11.4. The van der Waals surface area contributed by atoms with Gasteiger partial charge in [-0.1, -0.05) is 0 Å². The minimum Gasteiger partial charge on any atom is -1.00 e. The Balaban J connectivity index is -0.000000320. The molecule has 0 atom stereocenters. The molecule has 1 nitrogen and oxygen atoms in total. The van der Waals surface area contributed by atoms with Gasteiger partial charge in [-0.05, 0) is 20.8 Å². The predicted molar refractivity (Wildman–Crippen MR) is 33.7 cm³/mol. The van der Waals surface area contributed by atoms with Crippen molar-refractivity contribution < 1.29 is 69.5 Å². The van der Waals surface area contributed by atoms with E-state index in [2.05, 4.69) is 0 Å². The Hall–Kier alpha value is 1.45. The van der Waals surface area contributed by atoms with Crippen LogP contribution in [0.15, 0.2) is 0 Å². The molecule has 0 aromatic rings. The predicted octanol–water partition coefficient (Wildman–Crippen LogP) is -4.22. The number of halogens is 3. The van der Waals surface area contributed by atoms with Crippen molar-refractivity contribution >= 4 is 7.27 Å². The number of ether oxygens (including phenoxy) is 1. The summed E-state index contributed by atoms with van der Waals surface area (Å²) in [6.45, 7) is 4.77. The molecule has 0 aliphatic rings. The van der Waals surface area contributed by atoms with E-state index in [1.54, 1.807) is 20.8 Å². The minimum absolute atomic E-state index is 0. The Morgan fingerprint density at radius 2 is 1.64 bits per heavy atom. The van der Waals surface area contributed by atoms with Crippen LogP contribution < -0.4 is 56.1 Å². The first-order valence-corrected chi connectivity index (χ1v) is 2.84. The summed E-state index contributed by atoms with van der Waals surface area (Å²) >= 11 is 0. The molecule has 0 spiro atoms. The smallest absolute Gasteiger partial charge is 1.00 e. The van der Waals surface area contributed by atoms with Crippen molar-refractivity contribution in [1.82, 2.24) is 0 Å². The van der Waals surface area contributed by atoms with Crippen molar-refractivity contribution in [3.05, 3.63) is 0 Å². The molecule has 0 heterocycles. The van der Waals surface area contributed by atoms with E-state index >= 15 is 0 Å². The van der Waals surface area contributed by atoms with E-state index in [9.17, 15) is 8.63 Å². The van der Waals surface area contributed by atoms with Crippen LogP contribution in [0, 0.1) is 0 Å². The molecule has 6 heteroatoms. The standard InChI is InChI=1S/C5H11BF2O.FH.K/c1-5(2,3)9-4-6(7)8;;/h4H2,1-3H3;1H;/q;;+1/p-1. The molecule has 0 aliphatic carbocycles. The second-order valence-corrected chi connectivity index (χ2v) is 2.81. The van der Waals surface area contributed by atoms with Crippen molar-refractivity contribution in [1.29, 1.82) is 0 Å². The summed E-state index contributed by atoms with van der Waals surface area (Å²) in [5.41, 5.74) is -0.448. The molecule has 0 amide bonds. The maximum atomic E-state index is 11.4. The van der Waals surface area contributed by atoms with Gasteiger partial charge in [-0.2, -0.15) is 0 Å². The first kappa shape index (κ1) is 18.3. The fraction of sp³-hybridized carbons (Fsp3) is 1.00. The summed E-state index contributed by atoms with van der Waals surface area (Å²) in [6, 6.07) is 0. The number of rotatable bonds is 2. The first-order valence-electron chi connectivity index (χ1n) is 2.84. The van der Waals surface area contributed by atoms with E-state index in [0.29, 0.717) is 0 Å². The summed E-state index contributed by atoms with van der Waals surface area (Å²) < 4.78 is 27.6. The minimum atomic E-state index is -2.36. The van der Waals surface area contributed by atoms with Gasteiger partial charge in [0, 0.05) is 0 Å². The van der Waals surface area contributed by atoms with Crippen LogP contribution >= 0.6 is 0 Å². The van der Waals surface area contributed by atoms with Gasteiger partial charge in [0.1, 0.15) is 0 Å². The molecule has 0 saturated carbocycles. The van der Waals surface area contributed by atoms with Crippen molar-refractivity contribution in [2.45, 2.75) is 26.4 Å². The van der Waals surface area contributed by atoms with Crippen molar-refractivity contribution in [2.24, 2.45) is 0 Å². The van der Waals surface area contributed by atoms with E-state index < -0.39 is 19.4 Å². The molecule has 0 unspecified atom stereocenters. The Kier molecular flexibility index (Phi) is 13.4. The average Bonchev–Trinajstić information content (AvgIpc) is 1.59. The fourth-order valence-electron chi connectivity index (χ4n) is 0.313. The second-order valence-electron chi connectivity index (χ2n) is 2.81. The first-order chi connectivity index (χ1) is 3.92. The van der Waals surface area contributed by atoms with E-state index in [0.717, 1.165) is 0 Å². The fourth-order valence-corrected chi connectivity index (χ4v) is 0.313. The monoisotopic (exact) mass is 194 g/mol. The topological polar surface area (TPSA) is 9.23 Å². The summed E-state index contributed by atoms with van der Waals surface area (Å²) in [4.78, 5) is 0. The SMILES string of the molecule is CC(C)(C)OCB(F)F.[F-].[K+]. The van der Waals surface area contributed by atoms with E-state index in [-0.39, 0.29) is 56.1 Å². The van der Waals surface area contributed by atoms with Gasteiger partial charge in [-0.15, -0.1) is 0 Å². The van der Waals surface area contributed by atoms with Gasteiger partial charge >= 0.3 is 58.7 Å². The van der Waals surface area contributed by atoms with Crippen LogP contribution in [0.25, 0.3) is 0 Å². The molecule has 0 N–H and O–H groups in total. The quantitative estimate of drug-likeness (QED) is 0.405. The average molecular weight is 194 g/mol. The van der Waals surface area contributed by atoms with Crippen molar-refractivity contribution in [3.8, 4) is 0 Å². The molecular formula is C5H11BF3KO. The van der Waals surface area contributed by atoms with Crippen LogP contribution in [0.3, 0.4) is 0 Å². The van der Waals surface area contributed by atoms with Crippen LogP contribution in [0.5, 0.6) is 0 Å². The van der Waals surface area contributed by atoms with Crippen LogP contribution in [-0.4, -0.2) is 19.4 Å². The van der Waals surface area contributed by atoms with Crippen molar-refractivity contribution in [3.63, 3.8) is 0 Å². The largest absolute Gasteiger partial charge is 1.00 e. The molecule has 0 radical (unpaired) electrons. The molecule has 0 saturated heterocycles. The normalized spacial score (nSPS) is 9.55. The molecule has 0 fully saturated rings. The van der Waals surface area contributed by atoms with Crippen LogP contribution in [0.2, 0.25) is 0 Å². The van der Waals surface area contributed by atoms with Gasteiger partial charge in [-0.25, -0.2) is 0 Å². The summed E-state index contributed by atoms with van der Waals surface area (Å²) in [7, 11) is -2.36. The Morgan fingerprint density at radius 1 is 1.27 bits per heavy atom. The molecule has 0 aromatic heterocycles. The van der Waals surface area contributed by atoms with Gasteiger partial charge < -0.3 is 9.44 Å². The Labute approximate surface area is 108 Å². The number of hydrogen-bond acceptors (Lipinski definition) is 1. The zero-order valence-electron chi connectivity index (χ0n) is 7.33. The van der Waals surface area contributed by atoms with E-state index in [1.807, 2.05) is 0 Å². The van der Waals surface area contributed by atoms with E-state index in [4.69, 9.17) is 4.74 Å². The summed E-state index contributed by atoms with van der Waals surface area (Å²) in [5, 5.41) is 0. The number of hydrogen-bond donors (Lipinski definition) is 0. The van der Waals surface area contributed by atoms with Crippen LogP contribution in [0.4, 0.5) is 8.63 Å². The van der Waals surface area contributed by atoms with Gasteiger partial charge in [0.05, 0.1) is 12.1 Å². The van der Waals surface area contributed by atoms with Gasteiger partial charge in [0.2, 0.25) is 0 Å². The van der Waals surface area contributed by atoms with Gasteiger partial charge in [-0.3, -0.25) is 8.63 Å². The Bertz CT molecular complexity index is 86.3. The molecular weight excluding hydrogens is 183 g/mol. The third-order valence-electron chi connectivity index (χ3n) is 0.642. The summed E-state index contributed by atoms with van der Waals surface area (Å²) in [5.74, 6) is 0. The zero-order valence-corrected chi connectivity index (χ0v) is 10.4. The summed E-state index contributed by atoms with van der Waals surface area (Å²) in [6.07, 6.45) is 0. The van der Waals surface area contributed by atoms with E-state index in [1.165, 1.54) is 0 Å². The third kappa shape index (κ3) is 18.4. The molecule has 0 aromatic carbocycles. The van der Waals surface area contributed by atoms with Crippen molar-refractivity contribution in [2.75, 3.05) is 6.51 Å². The maximum Gasteiger partial charge on any atom is 1.00 e. The van der Waals surface area contributed by atoms with Crippen LogP contribution in [-0.2, 0) is 4.74 Å². The molecule has 62 valence electrons. The molecule has 0 rings (SSSR count). The third-order valence-corrected chi connectivity index (χ3v) is 0.642. The van der Waals surface area contributed by atoms with Gasteiger partial charge in [0.25, 0.3) is 0 Å². The molecule has 11 heavy (non-hydrogen) atoms.